The van der Waals surface area contributed by atoms with Crippen LogP contribution in [0.3, 0.4) is 0 Å². The van der Waals surface area contributed by atoms with Gasteiger partial charge in [-0.15, -0.1) is 0 Å². The molecule has 0 aliphatic carbocycles. The van der Waals surface area contributed by atoms with Crippen molar-refractivity contribution in [3.8, 4) is 0 Å². The summed E-state index contributed by atoms with van der Waals surface area (Å²) in [7, 11) is 0. The number of benzene rings is 1. The Labute approximate surface area is 126 Å². The first-order valence-electron chi connectivity index (χ1n) is 7.58. The van der Waals surface area contributed by atoms with E-state index in [4.69, 9.17) is 14.2 Å². The average Bonchev–Trinajstić information content (AvgIpc) is 2.44. The van der Waals surface area contributed by atoms with Gasteiger partial charge in [0.25, 0.3) is 0 Å². The van der Waals surface area contributed by atoms with Crippen LogP contribution < -0.4 is 0 Å². The maximum Gasteiger partial charge on any atom is 0.338 e. The molecule has 1 aromatic rings. The quantitative estimate of drug-likeness (QED) is 0.778. The largest absolute Gasteiger partial charge is 0.459 e. The molecular formula is C17H24O4. The van der Waals surface area contributed by atoms with Gasteiger partial charge in [-0.2, -0.15) is 0 Å². The molecule has 1 aliphatic heterocycles. The van der Waals surface area contributed by atoms with Crippen molar-refractivity contribution in [2.24, 2.45) is 0 Å². The van der Waals surface area contributed by atoms with E-state index in [9.17, 15) is 4.79 Å². The number of rotatable bonds is 5. The number of ether oxygens (including phenoxy) is 3. The van der Waals surface area contributed by atoms with E-state index < -0.39 is 5.79 Å². The zero-order valence-electron chi connectivity index (χ0n) is 13.0. The molecule has 0 amide bonds. The van der Waals surface area contributed by atoms with E-state index in [0.29, 0.717) is 5.56 Å². The Hall–Kier alpha value is -1.39. The number of esters is 1. The Bertz CT molecular complexity index is 455. The lowest BCUT2D eigenvalue weighted by Gasteiger charge is -2.40. The second kappa shape index (κ2) is 7.05. The van der Waals surface area contributed by atoms with Crippen molar-refractivity contribution in [1.82, 2.24) is 0 Å². The Kier molecular flexibility index (Phi) is 5.37. The fourth-order valence-electron chi connectivity index (χ4n) is 2.65. The van der Waals surface area contributed by atoms with Gasteiger partial charge in [0.15, 0.2) is 5.79 Å². The van der Waals surface area contributed by atoms with E-state index in [1.807, 2.05) is 32.0 Å². The van der Waals surface area contributed by atoms with Crippen LogP contribution in [-0.2, 0) is 14.2 Å². The molecule has 116 valence electrons. The summed E-state index contributed by atoms with van der Waals surface area (Å²) < 4.78 is 17.1. The summed E-state index contributed by atoms with van der Waals surface area (Å²) in [6, 6.07) is 9.01. The molecule has 0 aromatic heterocycles. The second-order valence-corrected chi connectivity index (χ2v) is 5.87. The first kappa shape index (κ1) is 16.0. The van der Waals surface area contributed by atoms with E-state index in [1.54, 1.807) is 12.1 Å². The lowest BCUT2D eigenvalue weighted by atomic mass is 10.0. The number of carbonyl (C=O) groups excluding carboxylic acids is 1. The fraction of sp³-hybridized carbons (Fsp3) is 0.588. The first-order valence-corrected chi connectivity index (χ1v) is 7.58. The predicted octanol–water partition coefficient (Wildman–Crippen LogP) is 3.55. The molecule has 1 fully saturated rings. The summed E-state index contributed by atoms with van der Waals surface area (Å²) in [5.74, 6) is -0.933. The second-order valence-electron chi connectivity index (χ2n) is 5.87. The van der Waals surface area contributed by atoms with Crippen molar-refractivity contribution in [2.45, 2.75) is 58.0 Å². The summed E-state index contributed by atoms with van der Waals surface area (Å²) in [6.45, 7) is 6.21. The number of carbonyl (C=O) groups is 1. The summed E-state index contributed by atoms with van der Waals surface area (Å²) >= 11 is 0. The monoisotopic (exact) mass is 292 g/mol. The lowest BCUT2D eigenvalue weighted by Crippen LogP contribution is -2.46. The van der Waals surface area contributed by atoms with Crippen LogP contribution in [0.25, 0.3) is 0 Å². The third-order valence-corrected chi connectivity index (χ3v) is 3.45. The van der Waals surface area contributed by atoms with Crippen LogP contribution in [0.5, 0.6) is 0 Å². The standard InChI is InChI=1S/C17H24O4/c1-4-8-14-11-15(21-17(2,3)20-14)12-19-16(18)13-9-6-5-7-10-13/h5-7,9-10,14-15H,4,8,11-12H2,1-3H3/t14-,15-/m1/s1. The molecule has 0 unspecified atom stereocenters. The van der Waals surface area contributed by atoms with Crippen LogP contribution in [0.2, 0.25) is 0 Å². The van der Waals surface area contributed by atoms with Gasteiger partial charge >= 0.3 is 5.97 Å². The smallest absolute Gasteiger partial charge is 0.338 e. The van der Waals surface area contributed by atoms with Gasteiger partial charge in [0, 0.05) is 6.42 Å². The molecule has 0 radical (unpaired) electrons. The lowest BCUT2D eigenvalue weighted by molar-refractivity contribution is -0.304. The fourth-order valence-corrected chi connectivity index (χ4v) is 2.65. The van der Waals surface area contributed by atoms with Crippen molar-refractivity contribution in [3.05, 3.63) is 35.9 Å². The predicted molar refractivity (Wildman–Crippen MR) is 80.1 cm³/mol. The summed E-state index contributed by atoms with van der Waals surface area (Å²) in [5.41, 5.74) is 0.564. The molecule has 0 N–H and O–H groups in total. The molecule has 21 heavy (non-hydrogen) atoms. The SMILES string of the molecule is CCC[C@@H]1C[C@H](COC(=O)c2ccccc2)OC(C)(C)O1. The summed E-state index contributed by atoms with van der Waals surface area (Å²) in [6.07, 6.45) is 2.88. The zero-order valence-corrected chi connectivity index (χ0v) is 13.0. The Morgan fingerprint density at radius 3 is 2.57 bits per heavy atom. The van der Waals surface area contributed by atoms with Crippen LogP contribution >= 0.6 is 0 Å². The average molecular weight is 292 g/mol. The van der Waals surface area contributed by atoms with Gasteiger partial charge in [-0.25, -0.2) is 4.79 Å². The van der Waals surface area contributed by atoms with Crippen LogP contribution in [-0.4, -0.2) is 30.6 Å². The maximum absolute atomic E-state index is 11.9. The van der Waals surface area contributed by atoms with E-state index in [-0.39, 0.29) is 24.8 Å². The van der Waals surface area contributed by atoms with Crippen molar-refractivity contribution >= 4 is 5.97 Å². The highest BCUT2D eigenvalue weighted by Crippen LogP contribution is 2.29. The molecule has 4 heteroatoms. The number of hydrogen-bond donors (Lipinski definition) is 0. The molecule has 0 saturated carbocycles. The normalized spacial score (nSPS) is 24.5. The highest BCUT2D eigenvalue weighted by molar-refractivity contribution is 5.89. The molecule has 1 aliphatic rings. The molecule has 2 rings (SSSR count). The minimum absolute atomic E-state index is 0.113. The van der Waals surface area contributed by atoms with Gasteiger partial charge in [0.2, 0.25) is 0 Å². The van der Waals surface area contributed by atoms with Crippen LogP contribution in [0.1, 0.15) is 50.4 Å². The van der Waals surface area contributed by atoms with Crippen LogP contribution in [0.15, 0.2) is 30.3 Å². The van der Waals surface area contributed by atoms with E-state index >= 15 is 0 Å². The van der Waals surface area contributed by atoms with Crippen molar-refractivity contribution < 1.29 is 19.0 Å². The van der Waals surface area contributed by atoms with E-state index in [0.717, 1.165) is 19.3 Å². The summed E-state index contributed by atoms with van der Waals surface area (Å²) in [4.78, 5) is 11.9. The van der Waals surface area contributed by atoms with E-state index in [1.165, 1.54) is 0 Å². The molecule has 1 aromatic carbocycles. The zero-order chi connectivity index (χ0) is 15.3. The molecule has 1 saturated heterocycles. The van der Waals surface area contributed by atoms with Crippen LogP contribution in [0.4, 0.5) is 0 Å². The molecule has 0 spiro atoms. The van der Waals surface area contributed by atoms with Gasteiger partial charge in [-0.05, 0) is 32.4 Å². The van der Waals surface area contributed by atoms with E-state index in [2.05, 4.69) is 6.92 Å². The van der Waals surface area contributed by atoms with Gasteiger partial charge < -0.3 is 14.2 Å². The topological polar surface area (TPSA) is 44.8 Å². The Morgan fingerprint density at radius 1 is 1.24 bits per heavy atom. The minimum atomic E-state index is -0.623. The molecule has 4 nitrogen and oxygen atoms in total. The van der Waals surface area contributed by atoms with Gasteiger partial charge in [-0.3, -0.25) is 0 Å². The van der Waals surface area contributed by atoms with Crippen molar-refractivity contribution in [3.63, 3.8) is 0 Å². The highest BCUT2D eigenvalue weighted by atomic mass is 16.7. The maximum atomic E-state index is 11.9. The highest BCUT2D eigenvalue weighted by Gasteiger charge is 2.35. The van der Waals surface area contributed by atoms with Gasteiger partial charge in [0.05, 0.1) is 17.8 Å². The third-order valence-electron chi connectivity index (χ3n) is 3.45. The molecule has 2 atom stereocenters. The molecule has 1 heterocycles. The Balaban J connectivity index is 1.88. The van der Waals surface area contributed by atoms with Crippen molar-refractivity contribution in [2.75, 3.05) is 6.61 Å². The van der Waals surface area contributed by atoms with Crippen LogP contribution in [0, 0.1) is 0 Å². The summed E-state index contributed by atoms with van der Waals surface area (Å²) in [5, 5.41) is 0. The minimum Gasteiger partial charge on any atom is -0.459 e. The molecular weight excluding hydrogens is 268 g/mol. The van der Waals surface area contributed by atoms with Gasteiger partial charge in [-0.1, -0.05) is 31.5 Å². The van der Waals surface area contributed by atoms with Crippen molar-refractivity contribution in [1.29, 1.82) is 0 Å². The first-order chi connectivity index (χ1) is 10.00. The molecule has 0 bridgehead atoms. The Morgan fingerprint density at radius 2 is 1.90 bits per heavy atom. The number of hydrogen-bond acceptors (Lipinski definition) is 4. The van der Waals surface area contributed by atoms with Gasteiger partial charge in [0.1, 0.15) is 6.61 Å². The third kappa shape index (κ3) is 4.83.